The number of cyclic esters (lactones) is 1. The molecule has 140 valence electrons. The Balaban J connectivity index is 1.29. The first-order valence-corrected chi connectivity index (χ1v) is 9.28. The van der Waals surface area contributed by atoms with Crippen LogP contribution < -0.4 is 5.32 Å². The summed E-state index contributed by atoms with van der Waals surface area (Å²) in [5.41, 5.74) is 1.12. The molecule has 3 aliphatic rings. The lowest BCUT2D eigenvalue weighted by Gasteiger charge is -2.35. The largest absolute Gasteiger partial charge is 0.448 e. The number of halogens is 1. The van der Waals surface area contributed by atoms with Crippen molar-refractivity contribution in [3.05, 3.63) is 34.9 Å². The highest BCUT2D eigenvalue weighted by Crippen LogP contribution is 2.30. The normalized spacial score (nSPS) is 28.7. The van der Waals surface area contributed by atoms with Gasteiger partial charge in [0.1, 0.15) is 13.2 Å². The predicted molar refractivity (Wildman–Crippen MR) is 95.0 cm³/mol. The van der Waals surface area contributed by atoms with E-state index < -0.39 is 6.09 Å². The summed E-state index contributed by atoms with van der Waals surface area (Å²) in [6.07, 6.45) is 0.476. The Morgan fingerprint density at radius 2 is 2.08 bits per heavy atom. The number of benzene rings is 1. The van der Waals surface area contributed by atoms with Crippen LogP contribution in [0.15, 0.2) is 24.3 Å². The smallest absolute Gasteiger partial charge is 0.410 e. The van der Waals surface area contributed by atoms with E-state index in [0.717, 1.165) is 25.1 Å². The third kappa shape index (κ3) is 3.79. The maximum atomic E-state index is 12.2. The van der Waals surface area contributed by atoms with Crippen LogP contribution in [0.2, 0.25) is 5.02 Å². The first kappa shape index (κ1) is 17.6. The van der Waals surface area contributed by atoms with E-state index in [-0.39, 0.29) is 24.6 Å². The molecular weight excluding hydrogens is 358 g/mol. The van der Waals surface area contributed by atoms with Crippen LogP contribution in [0.1, 0.15) is 18.1 Å². The molecular formula is C18H22ClN3O4. The van der Waals surface area contributed by atoms with Gasteiger partial charge in [-0.3, -0.25) is 14.6 Å². The van der Waals surface area contributed by atoms with Crippen LogP contribution in [0.4, 0.5) is 4.79 Å². The van der Waals surface area contributed by atoms with Crippen LogP contribution in [0.25, 0.3) is 0 Å². The van der Waals surface area contributed by atoms with Crippen molar-refractivity contribution in [2.75, 3.05) is 39.4 Å². The molecule has 1 aromatic rings. The van der Waals surface area contributed by atoms with Gasteiger partial charge in [-0.1, -0.05) is 23.7 Å². The number of hydrogen-bond acceptors (Lipinski definition) is 5. The van der Waals surface area contributed by atoms with Gasteiger partial charge in [-0.15, -0.1) is 0 Å². The Bertz CT molecular complexity index is 684. The molecule has 3 heterocycles. The van der Waals surface area contributed by atoms with Gasteiger partial charge in [-0.2, -0.15) is 0 Å². The van der Waals surface area contributed by atoms with Crippen LogP contribution >= 0.6 is 11.6 Å². The second kappa shape index (κ2) is 7.42. The summed E-state index contributed by atoms with van der Waals surface area (Å²) in [6.45, 7) is 3.14. The molecule has 0 aromatic heterocycles. The summed E-state index contributed by atoms with van der Waals surface area (Å²) >= 11 is 5.95. The summed E-state index contributed by atoms with van der Waals surface area (Å²) < 4.78 is 10.9. The van der Waals surface area contributed by atoms with Crippen LogP contribution in [-0.2, 0) is 14.3 Å². The number of nitrogens with zero attached hydrogens (tertiary/aromatic N) is 2. The Morgan fingerprint density at radius 1 is 1.27 bits per heavy atom. The number of nitrogens with one attached hydrogen (secondary N) is 1. The van der Waals surface area contributed by atoms with Gasteiger partial charge in [0.25, 0.3) is 0 Å². The van der Waals surface area contributed by atoms with E-state index in [1.54, 1.807) is 0 Å². The molecule has 0 aliphatic carbocycles. The molecule has 8 heteroatoms. The lowest BCUT2D eigenvalue weighted by atomic mass is 10.1. The number of rotatable bonds is 4. The zero-order chi connectivity index (χ0) is 18.1. The minimum Gasteiger partial charge on any atom is -0.448 e. The molecule has 0 saturated carbocycles. The number of carbonyl (C=O) groups excluding carboxylic acids is 2. The van der Waals surface area contributed by atoms with Gasteiger partial charge in [0.2, 0.25) is 5.91 Å². The van der Waals surface area contributed by atoms with E-state index in [2.05, 4.69) is 10.2 Å². The Hall–Kier alpha value is -1.83. The van der Waals surface area contributed by atoms with Gasteiger partial charge in [0.15, 0.2) is 0 Å². The molecule has 3 atom stereocenters. The van der Waals surface area contributed by atoms with Gasteiger partial charge in [0.05, 0.1) is 19.3 Å². The summed E-state index contributed by atoms with van der Waals surface area (Å²) in [4.78, 5) is 27.4. The summed E-state index contributed by atoms with van der Waals surface area (Å²) in [5, 5.41) is 3.76. The molecule has 26 heavy (non-hydrogen) atoms. The fourth-order valence-electron chi connectivity index (χ4n) is 3.87. The summed E-state index contributed by atoms with van der Waals surface area (Å²) in [6, 6.07) is 8.15. The molecule has 3 saturated heterocycles. The van der Waals surface area contributed by atoms with E-state index >= 15 is 0 Å². The minimum atomic E-state index is -0.414. The van der Waals surface area contributed by atoms with E-state index in [0.29, 0.717) is 30.8 Å². The number of ether oxygens (including phenoxy) is 2. The van der Waals surface area contributed by atoms with Crippen molar-refractivity contribution in [2.45, 2.75) is 24.6 Å². The topological polar surface area (TPSA) is 71.1 Å². The number of fused-ring (bicyclic) bond motifs is 1. The molecule has 4 rings (SSSR count). The first-order chi connectivity index (χ1) is 12.6. The number of carbonyl (C=O) groups is 2. The van der Waals surface area contributed by atoms with Crippen molar-refractivity contribution >= 4 is 23.6 Å². The van der Waals surface area contributed by atoms with Crippen molar-refractivity contribution in [1.82, 2.24) is 15.1 Å². The average Bonchev–Trinajstić information content (AvgIpc) is 3.20. The predicted octanol–water partition coefficient (Wildman–Crippen LogP) is 1.42. The molecule has 3 aliphatic heterocycles. The molecule has 2 amide bonds. The number of amides is 2. The maximum absolute atomic E-state index is 12.2. The summed E-state index contributed by atoms with van der Waals surface area (Å²) in [7, 11) is 0. The minimum absolute atomic E-state index is 0.0253. The van der Waals surface area contributed by atoms with Crippen LogP contribution in [-0.4, -0.2) is 73.3 Å². The summed E-state index contributed by atoms with van der Waals surface area (Å²) in [5.74, 6) is -0.135. The van der Waals surface area contributed by atoms with E-state index in [4.69, 9.17) is 21.1 Å². The average molecular weight is 380 g/mol. The second-order valence-electron chi connectivity index (χ2n) is 7.02. The molecule has 1 aromatic carbocycles. The molecule has 1 N–H and O–H groups in total. The van der Waals surface area contributed by atoms with E-state index in [1.807, 2.05) is 24.3 Å². The third-order valence-corrected chi connectivity index (χ3v) is 5.46. The van der Waals surface area contributed by atoms with Crippen molar-refractivity contribution in [3.63, 3.8) is 0 Å². The van der Waals surface area contributed by atoms with E-state index in [1.165, 1.54) is 4.90 Å². The molecule has 0 spiro atoms. The maximum Gasteiger partial charge on any atom is 0.410 e. The monoisotopic (exact) mass is 379 g/mol. The van der Waals surface area contributed by atoms with Crippen molar-refractivity contribution in [2.24, 2.45) is 0 Å². The SMILES string of the molecule is O=C(CN1CCOC1=O)N[C@H]1C[C@H]2CO[C@@H](c3ccc(Cl)cc3)CN2C1. The van der Waals surface area contributed by atoms with Gasteiger partial charge in [0, 0.05) is 30.2 Å². The Kier molecular flexibility index (Phi) is 5.02. The second-order valence-corrected chi connectivity index (χ2v) is 7.45. The quantitative estimate of drug-likeness (QED) is 0.856. The molecule has 0 radical (unpaired) electrons. The molecule has 3 fully saturated rings. The zero-order valence-electron chi connectivity index (χ0n) is 14.4. The highest BCUT2D eigenvalue weighted by molar-refractivity contribution is 6.30. The van der Waals surface area contributed by atoms with E-state index in [9.17, 15) is 9.59 Å². The highest BCUT2D eigenvalue weighted by Gasteiger charge is 2.38. The number of morpholine rings is 1. The van der Waals surface area contributed by atoms with Gasteiger partial charge >= 0.3 is 6.09 Å². The van der Waals surface area contributed by atoms with Crippen molar-refractivity contribution in [1.29, 1.82) is 0 Å². The number of hydrogen-bond donors (Lipinski definition) is 1. The lowest BCUT2D eigenvalue weighted by molar-refractivity contribution is -0.122. The van der Waals surface area contributed by atoms with Gasteiger partial charge in [-0.25, -0.2) is 4.79 Å². The van der Waals surface area contributed by atoms with Crippen LogP contribution in [0, 0.1) is 0 Å². The fourth-order valence-corrected chi connectivity index (χ4v) is 4.00. The lowest BCUT2D eigenvalue weighted by Crippen LogP contribution is -2.44. The van der Waals surface area contributed by atoms with Gasteiger partial charge in [-0.05, 0) is 24.1 Å². The van der Waals surface area contributed by atoms with Crippen LogP contribution in [0.5, 0.6) is 0 Å². The standard InChI is InChI=1S/C18H22ClN3O4/c19-13-3-1-12(2-4-13)16-9-22-8-14(7-15(22)11-26-16)20-17(23)10-21-5-6-25-18(21)24/h1-4,14-16H,5-11H2,(H,20,23)/t14-,15-,16+/m0/s1. The van der Waals surface area contributed by atoms with Gasteiger partial charge < -0.3 is 14.8 Å². The Labute approximate surface area is 157 Å². The van der Waals surface area contributed by atoms with Crippen LogP contribution in [0.3, 0.4) is 0 Å². The third-order valence-electron chi connectivity index (χ3n) is 5.20. The molecule has 0 bridgehead atoms. The van der Waals surface area contributed by atoms with Crippen molar-refractivity contribution in [3.8, 4) is 0 Å². The highest BCUT2D eigenvalue weighted by atomic mass is 35.5. The first-order valence-electron chi connectivity index (χ1n) is 8.90. The fraction of sp³-hybridized carbons (Fsp3) is 0.556. The van der Waals surface area contributed by atoms with Crippen molar-refractivity contribution < 1.29 is 19.1 Å². The zero-order valence-corrected chi connectivity index (χ0v) is 15.2. The molecule has 7 nitrogen and oxygen atoms in total. The molecule has 0 unspecified atom stereocenters. The Morgan fingerprint density at radius 3 is 2.81 bits per heavy atom.